The van der Waals surface area contributed by atoms with E-state index >= 15 is 0 Å². The number of fused-ring (bicyclic) bond motifs is 5. The molecule has 1 nitrogen and oxygen atoms in total. The van der Waals surface area contributed by atoms with Crippen molar-refractivity contribution in [3.05, 3.63) is 35.5 Å². The lowest BCUT2D eigenvalue weighted by molar-refractivity contribution is -0.111. The molecule has 6 atom stereocenters. The molecule has 23 heavy (non-hydrogen) atoms. The van der Waals surface area contributed by atoms with Crippen molar-refractivity contribution in [3.8, 4) is 0 Å². The predicted octanol–water partition coefficient (Wildman–Crippen LogP) is 5.49. The highest BCUT2D eigenvalue weighted by Gasteiger charge is 2.58. The van der Waals surface area contributed by atoms with Crippen LogP contribution in [0.5, 0.6) is 0 Å². The summed E-state index contributed by atoms with van der Waals surface area (Å²) in [5.74, 6) is 3.35. The number of ketones is 1. The smallest absolute Gasteiger partial charge is 0.178 e. The molecule has 124 valence electrons. The average Bonchev–Trinajstić information content (AvgIpc) is 2.77. The third-order valence-corrected chi connectivity index (χ3v) is 8.06. The van der Waals surface area contributed by atoms with Crippen LogP contribution in [0.3, 0.4) is 0 Å². The Labute approximate surface area is 140 Å². The first-order valence-corrected chi connectivity index (χ1v) is 9.51. The van der Waals surface area contributed by atoms with Crippen molar-refractivity contribution >= 4 is 5.78 Å². The molecule has 0 saturated heterocycles. The van der Waals surface area contributed by atoms with Crippen molar-refractivity contribution in [2.45, 2.75) is 59.8 Å². The number of allylic oxidation sites excluding steroid dienone is 6. The summed E-state index contributed by atoms with van der Waals surface area (Å²) >= 11 is 0. The van der Waals surface area contributed by atoms with E-state index in [4.69, 9.17) is 0 Å². The highest BCUT2D eigenvalue weighted by molar-refractivity contribution is 6.01. The monoisotopic (exact) mass is 310 g/mol. The Morgan fingerprint density at radius 2 is 2.00 bits per heavy atom. The fourth-order valence-electron chi connectivity index (χ4n) is 7.00. The normalized spacial score (nSPS) is 50.3. The van der Waals surface area contributed by atoms with Crippen LogP contribution < -0.4 is 0 Å². The van der Waals surface area contributed by atoms with Gasteiger partial charge in [0.2, 0.25) is 0 Å². The first-order valence-electron chi connectivity index (χ1n) is 9.51. The SMILES string of the molecule is CC=C1[C@H](C)C[C@H]2[C@@H]3CCC4=CC(=O)C=C[C@]4(C)[C@H]3CC[C@]12C. The minimum absolute atomic E-state index is 0.139. The van der Waals surface area contributed by atoms with Gasteiger partial charge in [0.15, 0.2) is 5.78 Å². The molecule has 4 rings (SSSR count). The zero-order chi connectivity index (χ0) is 16.4. The Hall–Kier alpha value is -1.11. The summed E-state index contributed by atoms with van der Waals surface area (Å²) in [6, 6.07) is 0. The minimum Gasteiger partial charge on any atom is -0.290 e. The third-order valence-electron chi connectivity index (χ3n) is 8.06. The van der Waals surface area contributed by atoms with Gasteiger partial charge < -0.3 is 0 Å². The first kappa shape index (κ1) is 15.4. The molecule has 0 unspecified atom stereocenters. The molecule has 3 fully saturated rings. The maximum absolute atomic E-state index is 11.8. The van der Waals surface area contributed by atoms with Gasteiger partial charge in [-0.1, -0.05) is 44.1 Å². The van der Waals surface area contributed by atoms with Crippen LogP contribution in [0, 0.1) is 34.5 Å². The molecular formula is C22H30O. The van der Waals surface area contributed by atoms with E-state index in [1.807, 2.05) is 12.2 Å². The molecular weight excluding hydrogens is 280 g/mol. The summed E-state index contributed by atoms with van der Waals surface area (Å²) in [6.45, 7) is 9.61. The maximum atomic E-state index is 11.8. The van der Waals surface area contributed by atoms with Gasteiger partial charge >= 0.3 is 0 Å². The lowest BCUT2D eigenvalue weighted by Gasteiger charge is -2.56. The number of hydrogen-bond donors (Lipinski definition) is 0. The van der Waals surface area contributed by atoms with Gasteiger partial charge in [0.25, 0.3) is 0 Å². The molecule has 0 aromatic carbocycles. The maximum Gasteiger partial charge on any atom is 0.178 e. The Bertz CT molecular complexity index is 636. The Morgan fingerprint density at radius 1 is 1.22 bits per heavy atom. The van der Waals surface area contributed by atoms with E-state index in [0.717, 1.165) is 30.1 Å². The lowest BCUT2D eigenvalue weighted by Crippen LogP contribution is -2.48. The fraction of sp³-hybridized carbons (Fsp3) is 0.682. The first-order chi connectivity index (χ1) is 10.9. The van der Waals surface area contributed by atoms with Crippen molar-refractivity contribution in [1.82, 2.24) is 0 Å². The van der Waals surface area contributed by atoms with Gasteiger partial charge in [-0.25, -0.2) is 0 Å². The van der Waals surface area contributed by atoms with Gasteiger partial charge in [0.1, 0.15) is 0 Å². The van der Waals surface area contributed by atoms with Crippen LogP contribution in [0.4, 0.5) is 0 Å². The highest BCUT2D eigenvalue weighted by atomic mass is 16.1. The number of carbonyl (C=O) groups is 1. The largest absolute Gasteiger partial charge is 0.290 e. The van der Waals surface area contributed by atoms with Crippen LogP contribution in [0.25, 0.3) is 0 Å². The molecule has 1 heteroatoms. The van der Waals surface area contributed by atoms with Crippen LogP contribution in [0.1, 0.15) is 59.8 Å². The molecule has 0 spiro atoms. The van der Waals surface area contributed by atoms with E-state index in [2.05, 4.69) is 39.8 Å². The van der Waals surface area contributed by atoms with Crippen molar-refractivity contribution in [1.29, 1.82) is 0 Å². The van der Waals surface area contributed by atoms with E-state index in [-0.39, 0.29) is 11.2 Å². The summed E-state index contributed by atoms with van der Waals surface area (Å²) < 4.78 is 0. The van der Waals surface area contributed by atoms with Gasteiger partial charge in [0, 0.05) is 5.41 Å². The molecule has 4 aliphatic carbocycles. The van der Waals surface area contributed by atoms with Gasteiger partial charge in [-0.15, -0.1) is 0 Å². The van der Waals surface area contributed by atoms with Gasteiger partial charge in [-0.05, 0) is 80.3 Å². The Kier molecular flexibility index (Phi) is 3.31. The van der Waals surface area contributed by atoms with E-state index in [9.17, 15) is 4.79 Å². The molecule has 0 heterocycles. The number of hydrogen-bond acceptors (Lipinski definition) is 1. The van der Waals surface area contributed by atoms with Crippen LogP contribution in [-0.2, 0) is 4.79 Å². The predicted molar refractivity (Wildman–Crippen MR) is 94.9 cm³/mol. The average molecular weight is 310 g/mol. The molecule has 0 amide bonds. The summed E-state index contributed by atoms with van der Waals surface area (Å²) in [7, 11) is 0. The van der Waals surface area contributed by atoms with E-state index < -0.39 is 0 Å². The Balaban J connectivity index is 1.72. The lowest BCUT2D eigenvalue weighted by atomic mass is 9.48. The minimum atomic E-state index is 0.139. The second kappa shape index (κ2) is 4.94. The summed E-state index contributed by atoms with van der Waals surface area (Å²) in [5.41, 5.74) is 3.70. The van der Waals surface area contributed by atoms with Crippen molar-refractivity contribution < 1.29 is 4.79 Å². The summed E-state index contributed by atoms with van der Waals surface area (Å²) in [5, 5.41) is 0. The zero-order valence-electron chi connectivity index (χ0n) is 15.1. The van der Waals surface area contributed by atoms with Crippen LogP contribution in [-0.4, -0.2) is 5.78 Å². The second-order valence-electron chi connectivity index (χ2n) is 8.94. The second-order valence-corrected chi connectivity index (χ2v) is 8.94. The van der Waals surface area contributed by atoms with Crippen LogP contribution in [0.2, 0.25) is 0 Å². The number of carbonyl (C=O) groups excluding carboxylic acids is 1. The highest BCUT2D eigenvalue weighted by Crippen LogP contribution is 2.66. The standard InChI is InChI=1S/C22H30O/c1-5-18-14(2)12-20-17-7-6-15-13-16(23)8-10-21(15,3)19(17)9-11-22(18,20)4/h5,8,10,13-14,17,19-20H,6-7,9,11-12H2,1-4H3/t14-,17-,19+,20+,21+,22-/m1/s1. The van der Waals surface area contributed by atoms with E-state index in [0.29, 0.717) is 5.41 Å². The van der Waals surface area contributed by atoms with Gasteiger partial charge in [-0.2, -0.15) is 0 Å². The van der Waals surface area contributed by atoms with Gasteiger partial charge in [0.05, 0.1) is 0 Å². The summed E-state index contributed by atoms with van der Waals surface area (Å²) in [4.78, 5) is 11.8. The topological polar surface area (TPSA) is 17.1 Å². The molecule has 0 aromatic heterocycles. The van der Waals surface area contributed by atoms with Gasteiger partial charge in [-0.3, -0.25) is 4.79 Å². The quantitative estimate of drug-likeness (QED) is 0.541. The third kappa shape index (κ3) is 1.95. The van der Waals surface area contributed by atoms with E-state index in [1.165, 1.54) is 31.3 Å². The van der Waals surface area contributed by atoms with Crippen LogP contribution >= 0.6 is 0 Å². The molecule has 0 aromatic rings. The fourth-order valence-corrected chi connectivity index (χ4v) is 7.00. The molecule has 0 aliphatic heterocycles. The molecule has 3 saturated carbocycles. The molecule has 0 N–H and O–H groups in total. The van der Waals surface area contributed by atoms with E-state index in [1.54, 1.807) is 5.57 Å². The zero-order valence-corrected chi connectivity index (χ0v) is 15.1. The summed E-state index contributed by atoms with van der Waals surface area (Å²) in [6.07, 6.45) is 14.9. The number of rotatable bonds is 0. The molecule has 4 aliphatic rings. The van der Waals surface area contributed by atoms with Crippen molar-refractivity contribution in [2.24, 2.45) is 34.5 Å². The molecule has 0 radical (unpaired) electrons. The van der Waals surface area contributed by atoms with Crippen LogP contribution in [0.15, 0.2) is 35.5 Å². The van der Waals surface area contributed by atoms with Crippen molar-refractivity contribution in [3.63, 3.8) is 0 Å². The molecule has 0 bridgehead atoms. The Morgan fingerprint density at radius 3 is 2.74 bits per heavy atom. The van der Waals surface area contributed by atoms with Crippen molar-refractivity contribution in [2.75, 3.05) is 0 Å².